The largest absolute Gasteiger partial charge is 0.430 e. The van der Waals surface area contributed by atoms with Crippen LogP contribution in [0.1, 0.15) is 99.3 Å². The maximum absolute atomic E-state index is 12.8. The highest BCUT2D eigenvalue weighted by Crippen LogP contribution is 2.71. The number of esters is 1. The molecule has 28 atom stereocenters. The topological polar surface area (TPSA) is 273 Å². The van der Waals surface area contributed by atoms with Gasteiger partial charge in [0.2, 0.25) is 5.79 Å². The van der Waals surface area contributed by atoms with Crippen molar-refractivity contribution in [2.24, 2.45) is 52.3 Å². The highest BCUT2D eigenvalue weighted by molar-refractivity contribution is 5.73. The molecule has 1 spiro atoms. The summed E-state index contributed by atoms with van der Waals surface area (Å²) in [7, 11) is 0. The minimum absolute atomic E-state index is 0.0193. The van der Waals surface area contributed by atoms with E-state index in [1.54, 1.807) is 6.92 Å². The van der Waals surface area contributed by atoms with Crippen molar-refractivity contribution in [3.05, 3.63) is 0 Å². The SMILES string of the molecule is C[C@@H]1C[C@H](O)[C@@]2(OC1=O)O[C@H]1C[C@H]3[C@@H]4CC[C@H]5C[C@@H](O[C@@H]6O[C@H](CO)[C@@H](O[C@@H]7O[C@@H](C)[C@H](O)[C@@H](O)[C@H]7O)[C@H](O)[C@H]6O[C@@H]6O[C@@H](C)[C@H](O)[C@@H](O)[C@H]6O)CC[C@]5(C)[C@H]4CC[C@]3(C)[C@H]1[C@@H]2C. The van der Waals surface area contributed by atoms with Gasteiger partial charge in [0.25, 0.3) is 0 Å². The normalized spacial score (nSPS) is 59.3. The van der Waals surface area contributed by atoms with Crippen molar-refractivity contribution in [1.29, 1.82) is 0 Å². The lowest BCUT2D eigenvalue weighted by Gasteiger charge is -2.61. The van der Waals surface area contributed by atoms with Crippen molar-refractivity contribution in [2.75, 3.05) is 6.61 Å². The zero-order chi connectivity index (χ0) is 45.2. The van der Waals surface area contributed by atoms with Gasteiger partial charge < -0.3 is 83.9 Å². The molecule has 360 valence electrons. The summed E-state index contributed by atoms with van der Waals surface area (Å²) < 4.78 is 49.3. The minimum Gasteiger partial charge on any atom is -0.430 e. The molecule has 5 heterocycles. The van der Waals surface area contributed by atoms with E-state index in [1.165, 1.54) is 13.8 Å². The van der Waals surface area contributed by atoms with Crippen molar-refractivity contribution in [3.8, 4) is 0 Å². The first-order chi connectivity index (χ1) is 29.7. The van der Waals surface area contributed by atoms with E-state index in [0.717, 1.165) is 38.5 Å². The lowest BCUT2D eigenvalue weighted by Crippen LogP contribution is -2.66. The molecule has 4 saturated carbocycles. The van der Waals surface area contributed by atoms with Crippen LogP contribution in [0.15, 0.2) is 0 Å². The van der Waals surface area contributed by atoms with Crippen LogP contribution in [0.2, 0.25) is 0 Å². The highest BCUT2D eigenvalue weighted by atomic mass is 16.8. The van der Waals surface area contributed by atoms with E-state index in [-0.39, 0.29) is 46.8 Å². The molecule has 18 heteroatoms. The molecule has 0 amide bonds. The molecule has 63 heavy (non-hydrogen) atoms. The second-order valence-corrected chi connectivity index (χ2v) is 21.5. The van der Waals surface area contributed by atoms with E-state index in [0.29, 0.717) is 42.9 Å². The van der Waals surface area contributed by atoms with Crippen LogP contribution in [0.25, 0.3) is 0 Å². The Morgan fingerprint density at radius 3 is 1.89 bits per heavy atom. The fourth-order valence-corrected chi connectivity index (χ4v) is 14.6. The first kappa shape index (κ1) is 46.9. The summed E-state index contributed by atoms with van der Waals surface area (Å²) in [6.45, 7) is 11.0. The molecule has 0 aromatic heterocycles. The van der Waals surface area contributed by atoms with Crippen molar-refractivity contribution in [1.82, 2.24) is 0 Å². The Morgan fingerprint density at radius 1 is 0.635 bits per heavy atom. The predicted molar refractivity (Wildman–Crippen MR) is 214 cm³/mol. The summed E-state index contributed by atoms with van der Waals surface area (Å²) in [5.41, 5.74) is 0.00785. The average molecular weight is 901 g/mol. The van der Waals surface area contributed by atoms with E-state index < -0.39 is 111 Å². The first-order valence-corrected chi connectivity index (χ1v) is 23.6. The molecular weight excluding hydrogens is 828 g/mol. The molecule has 0 bridgehead atoms. The monoisotopic (exact) mass is 900 g/mol. The van der Waals surface area contributed by atoms with Crippen molar-refractivity contribution < 1.29 is 88.6 Å². The molecule has 9 N–H and O–H groups in total. The number of carbonyl (C=O) groups excluding carboxylic acids is 1. The third-order valence-corrected chi connectivity index (χ3v) is 18.2. The van der Waals surface area contributed by atoms with Gasteiger partial charge in [0.1, 0.15) is 67.1 Å². The molecule has 9 rings (SSSR count). The van der Waals surface area contributed by atoms with Crippen LogP contribution in [0.4, 0.5) is 0 Å². The summed E-state index contributed by atoms with van der Waals surface area (Å²) >= 11 is 0. The molecule has 4 aliphatic carbocycles. The molecule has 9 fully saturated rings. The zero-order valence-corrected chi connectivity index (χ0v) is 37.2. The van der Waals surface area contributed by atoms with Crippen LogP contribution in [0.5, 0.6) is 0 Å². The van der Waals surface area contributed by atoms with Crippen LogP contribution >= 0.6 is 0 Å². The number of ether oxygens (including phenoxy) is 8. The third-order valence-electron chi connectivity index (χ3n) is 18.2. The Bertz CT molecular complexity index is 1660. The van der Waals surface area contributed by atoms with Gasteiger partial charge in [0, 0.05) is 5.92 Å². The molecular formula is C45H72O18. The summed E-state index contributed by atoms with van der Waals surface area (Å²) in [6, 6.07) is 0. The molecule has 0 aromatic carbocycles. The summed E-state index contributed by atoms with van der Waals surface area (Å²) in [5.74, 6) is -0.206. The molecule has 0 radical (unpaired) electrons. The fourth-order valence-electron chi connectivity index (χ4n) is 14.6. The summed E-state index contributed by atoms with van der Waals surface area (Å²) in [5, 5.41) is 97.2. The number of fused-ring (bicyclic) bond motifs is 7. The molecule has 0 unspecified atom stereocenters. The van der Waals surface area contributed by atoms with Gasteiger partial charge in [-0.2, -0.15) is 0 Å². The van der Waals surface area contributed by atoms with Gasteiger partial charge in [-0.3, -0.25) is 4.79 Å². The van der Waals surface area contributed by atoms with Gasteiger partial charge >= 0.3 is 5.97 Å². The molecule has 5 saturated heterocycles. The Hall–Kier alpha value is -1.17. The van der Waals surface area contributed by atoms with Crippen LogP contribution < -0.4 is 0 Å². The first-order valence-electron chi connectivity index (χ1n) is 23.6. The van der Waals surface area contributed by atoms with Crippen LogP contribution in [-0.4, -0.2) is 175 Å². The van der Waals surface area contributed by atoms with Gasteiger partial charge in [-0.1, -0.05) is 27.7 Å². The second kappa shape index (κ2) is 17.1. The maximum atomic E-state index is 12.8. The van der Waals surface area contributed by atoms with Gasteiger partial charge in [-0.05, 0) is 112 Å². The fraction of sp³-hybridized carbons (Fsp3) is 0.978. The minimum atomic E-state index is -1.72. The number of hydrogen-bond donors (Lipinski definition) is 9. The number of rotatable bonds is 7. The Balaban J connectivity index is 0.900. The predicted octanol–water partition coefficient (Wildman–Crippen LogP) is -0.181. The number of hydrogen-bond acceptors (Lipinski definition) is 18. The van der Waals surface area contributed by atoms with E-state index in [4.69, 9.17) is 37.9 Å². The maximum Gasteiger partial charge on any atom is 0.311 e. The number of aliphatic hydroxyl groups is 9. The van der Waals surface area contributed by atoms with Crippen molar-refractivity contribution >= 4 is 5.97 Å². The lowest BCUT2D eigenvalue weighted by atomic mass is 9.44. The lowest BCUT2D eigenvalue weighted by molar-refractivity contribution is -0.389. The van der Waals surface area contributed by atoms with Crippen molar-refractivity contribution in [3.63, 3.8) is 0 Å². The molecule has 18 nitrogen and oxygen atoms in total. The zero-order valence-electron chi connectivity index (χ0n) is 37.2. The second-order valence-electron chi connectivity index (χ2n) is 21.5. The van der Waals surface area contributed by atoms with E-state index in [1.807, 2.05) is 0 Å². The Labute approximate surface area is 368 Å². The third kappa shape index (κ3) is 7.47. The number of aliphatic hydroxyl groups excluding tert-OH is 9. The Kier molecular flexibility index (Phi) is 12.7. The molecule has 5 aliphatic heterocycles. The van der Waals surface area contributed by atoms with E-state index >= 15 is 0 Å². The van der Waals surface area contributed by atoms with Crippen LogP contribution in [0.3, 0.4) is 0 Å². The highest BCUT2D eigenvalue weighted by Gasteiger charge is 2.72. The summed E-state index contributed by atoms with van der Waals surface area (Å²) in [6.07, 6.45) is -15.4. The van der Waals surface area contributed by atoms with Crippen LogP contribution in [-0.2, 0) is 42.7 Å². The van der Waals surface area contributed by atoms with Gasteiger partial charge in [0.15, 0.2) is 18.9 Å². The Morgan fingerprint density at radius 2 is 1.25 bits per heavy atom. The molecule has 9 aliphatic rings. The molecule has 0 aromatic rings. The van der Waals surface area contributed by atoms with E-state index in [2.05, 4.69) is 20.8 Å². The van der Waals surface area contributed by atoms with Crippen molar-refractivity contribution in [2.45, 2.75) is 216 Å². The van der Waals surface area contributed by atoms with Gasteiger partial charge in [0.05, 0.1) is 36.9 Å². The average Bonchev–Trinajstić information content (AvgIpc) is 3.70. The van der Waals surface area contributed by atoms with Crippen LogP contribution in [0, 0.1) is 52.3 Å². The van der Waals surface area contributed by atoms with Gasteiger partial charge in [-0.25, -0.2) is 0 Å². The quantitative estimate of drug-likeness (QED) is 0.118. The standard InChI is InChI=1S/C45H72O18/c1-17-13-28(47)45(63-39(17)55)18(2)29-26(62-45)15-25-23-8-7-21-14-22(9-11-43(21,5)24(23)10-12-44(25,29)6)58-42-38(61-41-35(53)33(51)31(49)20(4)57-41)36(54)37(27(16-46)59-42)60-40-34(52)32(50)30(48)19(3)56-40/h17-38,40-42,46-54H,7-16H2,1-6H3/t17-,18+,19+,20+,21+,22+,23-,24+,25+,26+,27-,28+,29+,30+,31+,32-,33-,34-,35-,36+,37-,38-,40+,41+,42-,43+,44+,45-/m1/s1. The number of carbonyl (C=O) groups is 1. The smallest absolute Gasteiger partial charge is 0.311 e. The van der Waals surface area contributed by atoms with Gasteiger partial charge in [-0.15, -0.1) is 0 Å². The summed E-state index contributed by atoms with van der Waals surface area (Å²) in [4.78, 5) is 12.8. The van der Waals surface area contributed by atoms with E-state index in [9.17, 15) is 50.8 Å².